The van der Waals surface area contributed by atoms with Gasteiger partial charge in [-0.05, 0) is 36.3 Å². The molecule has 2 unspecified atom stereocenters. The number of aryl methyl sites for hydroxylation is 1. The molecule has 0 radical (unpaired) electrons. The lowest BCUT2D eigenvalue weighted by atomic mass is 9.69. The van der Waals surface area contributed by atoms with E-state index in [0.717, 1.165) is 25.7 Å². The Balaban J connectivity index is 1.97. The fourth-order valence-corrected chi connectivity index (χ4v) is 5.39. The highest BCUT2D eigenvalue weighted by atomic mass is 32.1. The molecule has 0 N–H and O–H groups in total. The summed E-state index contributed by atoms with van der Waals surface area (Å²) in [6.45, 7) is 2.19. The molecule has 0 amide bonds. The Kier molecular flexibility index (Phi) is 2.06. The Bertz CT molecular complexity index is 654. The van der Waals surface area contributed by atoms with E-state index in [4.69, 9.17) is 0 Å². The highest BCUT2D eigenvalue weighted by Crippen LogP contribution is 2.56. The molecule has 0 aliphatic heterocycles. The van der Waals surface area contributed by atoms with E-state index in [2.05, 4.69) is 31.2 Å². The highest BCUT2D eigenvalue weighted by molar-refractivity contribution is 7.19. The van der Waals surface area contributed by atoms with Crippen molar-refractivity contribution in [1.82, 2.24) is 0 Å². The van der Waals surface area contributed by atoms with Crippen molar-refractivity contribution in [1.29, 1.82) is 0 Å². The molecule has 1 aromatic heterocycles. The quantitative estimate of drug-likeness (QED) is 0.687. The molecule has 2 heteroatoms. The molecule has 0 bridgehead atoms. The minimum Gasteiger partial charge on any atom is -0.299 e. The topological polar surface area (TPSA) is 17.1 Å². The van der Waals surface area contributed by atoms with Gasteiger partial charge in [0, 0.05) is 27.3 Å². The van der Waals surface area contributed by atoms with Gasteiger partial charge in [0.1, 0.15) is 5.78 Å². The van der Waals surface area contributed by atoms with Crippen LogP contribution in [0.1, 0.15) is 42.5 Å². The first-order valence-electron chi connectivity index (χ1n) is 6.74. The highest BCUT2D eigenvalue weighted by Gasteiger charge is 2.49. The van der Waals surface area contributed by atoms with Crippen LogP contribution in [0, 0.1) is 5.41 Å². The smallest absolute Gasteiger partial charge is 0.139 e. The maximum atomic E-state index is 12.2. The Hall–Kier alpha value is -1.15. The van der Waals surface area contributed by atoms with Gasteiger partial charge in [-0.1, -0.05) is 25.1 Å². The average molecular weight is 256 g/mol. The van der Waals surface area contributed by atoms with Gasteiger partial charge in [0.15, 0.2) is 0 Å². The van der Waals surface area contributed by atoms with E-state index < -0.39 is 0 Å². The van der Waals surface area contributed by atoms with E-state index in [1.54, 1.807) is 0 Å². The number of Topliss-reactive ketones (excluding diaryl/α,β-unsaturated/α-hetero) is 1. The molecule has 0 spiro atoms. The van der Waals surface area contributed by atoms with E-state index in [9.17, 15) is 4.79 Å². The first-order valence-corrected chi connectivity index (χ1v) is 7.55. The predicted octanol–water partition coefficient (Wildman–Crippen LogP) is 4.30. The molecule has 2 aromatic rings. The maximum absolute atomic E-state index is 12.2. The normalized spacial score (nSPS) is 30.5. The third kappa shape index (κ3) is 1.19. The first kappa shape index (κ1) is 10.7. The number of rotatable bonds is 0. The van der Waals surface area contributed by atoms with Crippen LogP contribution in [0.15, 0.2) is 24.3 Å². The number of hydrogen-bond acceptors (Lipinski definition) is 2. The molecule has 1 fully saturated rings. The van der Waals surface area contributed by atoms with Gasteiger partial charge in [-0.15, -0.1) is 11.3 Å². The zero-order valence-corrected chi connectivity index (χ0v) is 11.3. The van der Waals surface area contributed by atoms with Crippen LogP contribution in [0.25, 0.3) is 10.1 Å². The number of benzene rings is 1. The zero-order valence-electron chi connectivity index (χ0n) is 10.5. The predicted molar refractivity (Wildman–Crippen MR) is 75.2 cm³/mol. The molecule has 1 nitrogen and oxygen atoms in total. The summed E-state index contributed by atoms with van der Waals surface area (Å²) < 4.78 is 1.39. The Morgan fingerprint density at radius 1 is 1.28 bits per heavy atom. The second kappa shape index (κ2) is 3.45. The minimum absolute atomic E-state index is 0.0616. The number of ketones is 1. The second-order valence-electron chi connectivity index (χ2n) is 5.87. The number of carbonyl (C=O) groups excluding carboxylic acids is 1. The van der Waals surface area contributed by atoms with Gasteiger partial charge in [0.05, 0.1) is 0 Å². The molecule has 1 aromatic carbocycles. The molecule has 92 valence electrons. The molecule has 2 aliphatic carbocycles. The molecule has 4 rings (SSSR count). The molecule has 2 aliphatic rings. The fourth-order valence-electron chi connectivity index (χ4n) is 3.85. The summed E-state index contributed by atoms with van der Waals surface area (Å²) in [4.78, 5) is 13.7. The minimum atomic E-state index is -0.0616. The van der Waals surface area contributed by atoms with E-state index in [1.807, 2.05) is 11.3 Å². The summed E-state index contributed by atoms with van der Waals surface area (Å²) in [6, 6.07) is 8.70. The SMILES string of the molecule is CC12CCc3c(sc4ccccc34)C1CCC2=O. The molecule has 2 atom stereocenters. The zero-order chi connectivity index (χ0) is 12.3. The summed E-state index contributed by atoms with van der Waals surface area (Å²) in [5.74, 6) is 0.988. The van der Waals surface area contributed by atoms with Crippen molar-refractivity contribution in [3.05, 3.63) is 34.7 Å². The number of thiophene rings is 1. The Morgan fingerprint density at radius 3 is 3.00 bits per heavy atom. The van der Waals surface area contributed by atoms with E-state index in [-0.39, 0.29) is 5.41 Å². The molecule has 18 heavy (non-hydrogen) atoms. The average Bonchev–Trinajstić information content (AvgIpc) is 2.88. The van der Waals surface area contributed by atoms with Crippen molar-refractivity contribution in [3.63, 3.8) is 0 Å². The summed E-state index contributed by atoms with van der Waals surface area (Å²) in [7, 11) is 0. The van der Waals surface area contributed by atoms with Crippen molar-refractivity contribution in [2.45, 2.75) is 38.5 Å². The third-order valence-corrected chi connectivity index (χ3v) is 6.33. The first-order chi connectivity index (χ1) is 8.70. The summed E-state index contributed by atoms with van der Waals surface area (Å²) in [5, 5.41) is 1.43. The van der Waals surface area contributed by atoms with Crippen LogP contribution in [0.2, 0.25) is 0 Å². The van der Waals surface area contributed by atoms with Crippen LogP contribution in [-0.4, -0.2) is 5.78 Å². The lowest BCUT2D eigenvalue weighted by Gasteiger charge is -2.34. The maximum Gasteiger partial charge on any atom is 0.139 e. The van der Waals surface area contributed by atoms with Gasteiger partial charge in [0.2, 0.25) is 0 Å². The standard InChI is InChI=1S/C16H16OS/c1-16-9-8-11-10-4-2-3-5-13(10)18-15(11)12(16)6-7-14(16)17/h2-5,12H,6-9H2,1H3. The monoisotopic (exact) mass is 256 g/mol. The second-order valence-corrected chi connectivity index (χ2v) is 6.96. The lowest BCUT2D eigenvalue weighted by Crippen LogP contribution is -2.31. The van der Waals surface area contributed by atoms with Crippen molar-refractivity contribution >= 4 is 27.2 Å². The number of carbonyl (C=O) groups is 1. The Labute approximate surface area is 111 Å². The summed E-state index contributed by atoms with van der Waals surface area (Å²) in [6.07, 6.45) is 3.98. The van der Waals surface area contributed by atoms with Crippen LogP contribution in [0.4, 0.5) is 0 Å². The largest absolute Gasteiger partial charge is 0.299 e. The molecule has 1 heterocycles. The van der Waals surface area contributed by atoms with E-state index >= 15 is 0 Å². The lowest BCUT2D eigenvalue weighted by molar-refractivity contribution is -0.125. The summed E-state index contributed by atoms with van der Waals surface area (Å²) >= 11 is 1.92. The van der Waals surface area contributed by atoms with Gasteiger partial charge in [-0.25, -0.2) is 0 Å². The molecule has 0 saturated heterocycles. The molecular formula is C16H16OS. The van der Waals surface area contributed by atoms with E-state index in [0.29, 0.717) is 11.7 Å². The van der Waals surface area contributed by atoms with Crippen LogP contribution in [0.5, 0.6) is 0 Å². The van der Waals surface area contributed by atoms with Gasteiger partial charge in [-0.3, -0.25) is 4.79 Å². The molecule has 1 saturated carbocycles. The van der Waals surface area contributed by atoms with Crippen molar-refractivity contribution < 1.29 is 4.79 Å². The summed E-state index contributed by atoms with van der Waals surface area (Å²) in [5.41, 5.74) is 1.47. The van der Waals surface area contributed by atoms with Crippen LogP contribution in [0.3, 0.4) is 0 Å². The van der Waals surface area contributed by atoms with Crippen molar-refractivity contribution in [2.75, 3.05) is 0 Å². The van der Waals surface area contributed by atoms with Crippen LogP contribution < -0.4 is 0 Å². The third-order valence-electron chi connectivity index (χ3n) is 5.01. The van der Waals surface area contributed by atoms with Gasteiger partial charge >= 0.3 is 0 Å². The van der Waals surface area contributed by atoms with Crippen LogP contribution in [-0.2, 0) is 11.2 Å². The fraction of sp³-hybridized carbons (Fsp3) is 0.438. The number of hydrogen-bond donors (Lipinski definition) is 0. The van der Waals surface area contributed by atoms with Gasteiger partial charge in [-0.2, -0.15) is 0 Å². The van der Waals surface area contributed by atoms with E-state index in [1.165, 1.54) is 20.5 Å². The van der Waals surface area contributed by atoms with Crippen molar-refractivity contribution in [2.24, 2.45) is 5.41 Å². The molecular weight excluding hydrogens is 240 g/mol. The van der Waals surface area contributed by atoms with Crippen molar-refractivity contribution in [3.8, 4) is 0 Å². The van der Waals surface area contributed by atoms with Gasteiger partial charge in [0.25, 0.3) is 0 Å². The number of fused-ring (bicyclic) bond motifs is 5. The van der Waals surface area contributed by atoms with Gasteiger partial charge < -0.3 is 0 Å². The Morgan fingerprint density at radius 2 is 2.11 bits per heavy atom. The van der Waals surface area contributed by atoms with Crippen LogP contribution >= 0.6 is 11.3 Å².